The van der Waals surface area contributed by atoms with Gasteiger partial charge in [0.15, 0.2) is 17.7 Å². The van der Waals surface area contributed by atoms with Crippen LogP contribution in [0.3, 0.4) is 0 Å². The molecule has 0 saturated heterocycles. The van der Waals surface area contributed by atoms with Gasteiger partial charge in [0.2, 0.25) is 0 Å². The second-order valence-corrected chi connectivity index (χ2v) is 9.80. The Balaban J connectivity index is 0.00000320. The molecule has 1 heterocycles. The van der Waals surface area contributed by atoms with E-state index in [1.165, 1.54) is 33.6 Å². The van der Waals surface area contributed by atoms with Crippen molar-refractivity contribution in [1.29, 1.82) is 0 Å². The zero-order valence-corrected chi connectivity index (χ0v) is 20.9. The van der Waals surface area contributed by atoms with Gasteiger partial charge in [-0.15, -0.1) is 12.4 Å². The normalized spacial score (nSPS) is 15.5. The molecule has 0 radical (unpaired) electrons. The van der Waals surface area contributed by atoms with Gasteiger partial charge in [-0.05, 0) is 23.7 Å². The van der Waals surface area contributed by atoms with Crippen molar-refractivity contribution in [1.82, 2.24) is 4.48 Å². The SMILES string of the molecule is CC(C)c1cccc(C(C)C)c1[N+]1(c2c(C(C)C)cccc2C(C)C)C=NCC1.Cl. The van der Waals surface area contributed by atoms with Crippen LogP contribution in [-0.4, -0.2) is 19.4 Å². The van der Waals surface area contributed by atoms with Gasteiger partial charge in [-0.3, -0.25) is 0 Å². The Bertz CT molecular complexity index is 778. The molecule has 2 nitrogen and oxygen atoms in total. The molecule has 0 atom stereocenters. The van der Waals surface area contributed by atoms with Gasteiger partial charge in [0.05, 0.1) is 6.54 Å². The largest absolute Gasteiger partial charge is 0.235 e. The summed E-state index contributed by atoms with van der Waals surface area (Å²) in [6, 6.07) is 13.8. The molecule has 0 fully saturated rings. The van der Waals surface area contributed by atoms with E-state index in [-0.39, 0.29) is 12.4 Å². The summed E-state index contributed by atoms with van der Waals surface area (Å²) in [5.41, 5.74) is 8.76. The summed E-state index contributed by atoms with van der Waals surface area (Å²) in [7, 11) is 0. The Morgan fingerprint density at radius 1 is 0.633 bits per heavy atom. The zero-order chi connectivity index (χ0) is 21.3. The number of halogens is 1. The summed E-state index contributed by atoms with van der Waals surface area (Å²) in [6.45, 7) is 20.5. The summed E-state index contributed by atoms with van der Waals surface area (Å²) in [6.07, 6.45) is 2.25. The number of para-hydroxylation sites is 2. The Labute approximate surface area is 190 Å². The minimum atomic E-state index is 0. The fourth-order valence-corrected chi connectivity index (χ4v) is 4.87. The molecule has 2 aromatic carbocycles. The van der Waals surface area contributed by atoms with E-state index in [1.54, 1.807) is 0 Å². The summed E-state index contributed by atoms with van der Waals surface area (Å²) in [5.74, 6) is 1.89. The quantitative estimate of drug-likeness (QED) is 0.411. The maximum Gasteiger partial charge on any atom is 0.195 e. The lowest BCUT2D eigenvalue weighted by Gasteiger charge is -2.38. The van der Waals surface area contributed by atoms with Gasteiger partial charge in [-0.2, -0.15) is 0 Å². The van der Waals surface area contributed by atoms with Crippen molar-refractivity contribution in [3.8, 4) is 0 Å². The van der Waals surface area contributed by atoms with E-state index in [2.05, 4.69) is 98.1 Å². The van der Waals surface area contributed by atoms with Crippen LogP contribution in [0.1, 0.15) is 101 Å². The van der Waals surface area contributed by atoms with Gasteiger partial charge in [-0.25, -0.2) is 9.48 Å². The Morgan fingerprint density at radius 3 is 1.20 bits per heavy atom. The van der Waals surface area contributed by atoms with E-state index in [0.29, 0.717) is 23.7 Å². The highest BCUT2D eigenvalue weighted by Gasteiger charge is 2.43. The number of nitrogens with zero attached hydrogens (tertiary/aromatic N) is 2. The first kappa shape index (κ1) is 24.6. The van der Waals surface area contributed by atoms with Crippen molar-refractivity contribution in [2.24, 2.45) is 4.99 Å². The first-order chi connectivity index (χ1) is 13.7. The molecule has 3 heteroatoms. The average Bonchev–Trinajstić information content (AvgIpc) is 3.17. The van der Waals surface area contributed by atoms with Gasteiger partial charge in [0, 0.05) is 22.3 Å². The smallest absolute Gasteiger partial charge is 0.195 e. The fourth-order valence-electron chi connectivity index (χ4n) is 4.87. The third kappa shape index (κ3) is 4.22. The Hall–Kier alpha value is -1.64. The number of hydrogen-bond donors (Lipinski definition) is 0. The van der Waals surface area contributed by atoms with Crippen molar-refractivity contribution in [2.45, 2.75) is 79.1 Å². The molecule has 0 N–H and O–H groups in total. The molecule has 0 amide bonds. The topological polar surface area (TPSA) is 12.4 Å². The molecule has 30 heavy (non-hydrogen) atoms. The molecule has 0 saturated carbocycles. The lowest BCUT2D eigenvalue weighted by atomic mass is 9.86. The molecule has 0 aromatic heterocycles. The second kappa shape index (κ2) is 9.66. The summed E-state index contributed by atoms with van der Waals surface area (Å²) < 4.78 is 0.768. The molecule has 0 unspecified atom stereocenters. The second-order valence-electron chi connectivity index (χ2n) is 9.80. The molecule has 3 rings (SSSR count). The maximum absolute atomic E-state index is 4.84. The molecule has 0 spiro atoms. The fraction of sp³-hybridized carbons (Fsp3) is 0.519. The van der Waals surface area contributed by atoms with Crippen LogP contribution in [0, 0.1) is 0 Å². The third-order valence-electron chi connectivity index (χ3n) is 6.34. The van der Waals surface area contributed by atoms with Gasteiger partial charge < -0.3 is 0 Å². The number of benzene rings is 2. The van der Waals surface area contributed by atoms with Crippen LogP contribution >= 0.6 is 12.4 Å². The van der Waals surface area contributed by atoms with Gasteiger partial charge in [0.1, 0.15) is 6.54 Å². The first-order valence-electron chi connectivity index (χ1n) is 11.4. The number of rotatable bonds is 6. The molecule has 2 aromatic rings. The van der Waals surface area contributed by atoms with Crippen molar-refractivity contribution in [2.75, 3.05) is 13.1 Å². The van der Waals surface area contributed by atoms with E-state index < -0.39 is 0 Å². The minimum absolute atomic E-state index is 0. The predicted molar refractivity (Wildman–Crippen MR) is 136 cm³/mol. The van der Waals surface area contributed by atoms with Crippen molar-refractivity contribution >= 4 is 30.1 Å². The summed E-state index contributed by atoms with van der Waals surface area (Å²) in [5, 5.41) is 0. The highest BCUT2D eigenvalue weighted by molar-refractivity contribution is 5.90. The average molecular weight is 428 g/mol. The van der Waals surface area contributed by atoms with Gasteiger partial charge in [-0.1, -0.05) is 91.8 Å². The van der Waals surface area contributed by atoms with Gasteiger partial charge in [0.25, 0.3) is 0 Å². The zero-order valence-electron chi connectivity index (χ0n) is 20.1. The van der Waals surface area contributed by atoms with E-state index in [9.17, 15) is 0 Å². The van der Waals surface area contributed by atoms with E-state index in [0.717, 1.165) is 17.6 Å². The lowest BCUT2D eigenvalue weighted by molar-refractivity contribution is 0.572. The Kier molecular flexibility index (Phi) is 7.93. The van der Waals surface area contributed by atoms with Crippen LogP contribution in [0.2, 0.25) is 0 Å². The number of quaternary nitrogens is 1. The summed E-state index contributed by atoms with van der Waals surface area (Å²) in [4.78, 5) is 4.84. The van der Waals surface area contributed by atoms with Crippen molar-refractivity contribution in [3.05, 3.63) is 58.7 Å². The molecular formula is C27H40ClN2+. The van der Waals surface area contributed by atoms with E-state index in [1.807, 2.05) is 0 Å². The van der Waals surface area contributed by atoms with Crippen LogP contribution in [0.15, 0.2) is 41.4 Å². The van der Waals surface area contributed by atoms with Crippen LogP contribution in [0.5, 0.6) is 0 Å². The van der Waals surface area contributed by atoms with Crippen LogP contribution in [0.25, 0.3) is 0 Å². The van der Waals surface area contributed by atoms with Gasteiger partial charge >= 0.3 is 0 Å². The molecule has 0 aliphatic carbocycles. The highest BCUT2D eigenvalue weighted by atomic mass is 35.5. The first-order valence-corrected chi connectivity index (χ1v) is 11.4. The molecule has 0 bridgehead atoms. The van der Waals surface area contributed by atoms with Crippen LogP contribution in [-0.2, 0) is 0 Å². The lowest BCUT2D eigenvalue weighted by Crippen LogP contribution is -2.44. The van der Waals surface area contributed by atoms with Crippen molar-refractivity contribution < 1.29 is 0 Å². The van der Waals surface area contributed by atoms with Crippen LogP contribution < -0.4 is 4.48 Å². The van der Waals surface area contributed by atoms with E-state index in [4.69, 9.17) is 4.99 Å². The van der Waals surface area contributed by atoms with E-state index >= 15 is 0 Å². The van der Waals surface area contributed by atoms with Crippen LogP contribution in [0.4, 0.5) is 11.4 Å². The Morgan fingerprint density at radius 2 is 0.967 bits per heavy atom. The molecular weight excluding hydrogens is 388 g/mol. The molecule has 1 aliphatic heterocycles. The maximum atomic E-state index is 4.84. The molecule has 164 valence electrons. The number of aliphatic imine (C=N–C) groups is 1. The summed E-state index contributed by atoms with van der Waals surface area (Å²) >= 11 is 0. The number of hydrogen-bond acceptors (Lipinski definition) is 1. The third-order valence-corrected chi connectivity index (χ3v) is 6.34. The minimum Gasteiger partial charge on any atom is -0.235 e. The van der Waals surface area contributed by atoms with Crippen molar-refractivity contribution in [3.63, 3.8) is 0 Å². The predicted octanol–water partition coefficient (Wildman–Crippen LogP) is 8.28. The monoisotopic (exact) mass is 427 g/mol. The highest BCUT2D eigenvalue weighted by Crippen LogP contribution is 2.49. The standard InChI is InChI=1S/C27H39N2.ClH/c1-18(2)22-11-9-12-23(19(3)4)26(22)29(16-15-28-17-29)27-24(20(5)6)13-10-14-25(27)21(7)8;/h9-14,17-21H,15-16H2,1-8H3;1H/q+1;. The molecule has 1 aliphatic rings.